The first-order valence-electron chi connectivity index (χ1n) is 9.38. The van der Waals surface area contributed by atoms with Gasteiger partial charge in [-0.05, 0) is 48.2 Å². The molecule has 4 aromatic rings. The molecule has 142 valence electrons. The summed E-state index contributed by atoms with van der Waals surface area (Å²) in [6, 6.07) is 28.0. The fourth-order valence-corrected chi connectivity index (χ4v) is 3.29. The lowest BCUT2D eigenvalue weighted by atomic mass is 10.1. The monoisotopic (exact) mass is 380 g/mol. The van der Waals surface area contributed by atoms with Gasteiger partial charge in [-0.15, -0.1) is 0 Å². The van der Waals surface area contributed by atoms with E-state index in [0.29, 0.717) is 16.8 Å². The first-order valence-corrected chi connectivity index (χ1v) is 9.38. The maximum absolute atomic E-state index is 12.8. The van der Waals surface area contributed by atoms with Crippen LogP contribution >= 0.6 is 0 Å². The Kier molecular flexibility index (Phi) is 5.08. The summed E-state index contributed by atoms with van der Waals surface area (Å²) in [7, 11) is 0. The van der Waals surface area contributed by atoms with Crippen molar-refractivity contribution in [3.8, 4) is 0 Å². The second-order valence-electron chi connectivity index (χ2n) is 6.83. The summed E-state index contributed by atoms with van der Waals surface area (Å²) >= 11 is 0. The maximum Gasteiger partial charge on any atom is 0.255 e. The van der Waals surface area contributed by atoms with Gasteiger partial charge in [0.25, 0.3) is 11.8 Å². The Morgan fingerprint density at radius 1 is 0.690 bits per heavy atom. The summed E-state index contributed by atoms with van der Waals surface area (Å²) in [6.07, 6.45) is 0. The quantitative estimate of drug-likeness (QED) is 0.480. The van der Waals surface area contributed by atoms with Crippen LogP contribution in [0.5, 0.6) is 0 Å². The molecule has 0 saturated heterocycles. The van der Waals surface area contributed by atoms with E-state index in [0.717, 1.165) is 22.0 Å². The van der Waals surface area contributed by atoms with E-state index in [9.17, 15) is 9.59 Å². The number of benzene rings is 4. The zero-order valence-electron chi connectivity index (χ0n) is 16.0. The molecule has 29 heavy (non-hydrogen) atoms. The molecule has 4 aromatic carbocycles. The Morgan fingerprint density at radius 2 is 1.41 bits per heavy atom. The van der Waals surface area contributed by atoms with Crippen LogP contribution in [0.3, 0.4) is 0 Å². The number of amides is 2. The lowest BCUT2D eigenvalue weighted by Crippen LogP contribution is -2.15. The van der Waals surface area contributed by atoms with Crippen LogP contribution in [0.4, 0.5) is 11.4 Å². The minimum absolute atomic E-state index is 0.199. The highest BCUT2D eigenvalue weighted by atomic mass is 16.2. The summed E-state index contributed by atoms with van der Waals surface area (Å²) in [5.41, 5.74) is 3.31. The van der Waals surface area contributed by atoms with Crippen molar-refractivity contribution in [2.24, 2.45) is 0 Å². The highest BCUT2D eigenvalue weighted by molar-refractivity contribution is 6.10. The molecule has 2 N–H and O–H groups in total. The summed E-state index contributed by atoms with van der Waals surface area (Å²) in [5.74, 6) is -0.428. The van der Waals surface area contributed by atoms with Gasteiger partial charge in [0.15, 0.2) is 0 Å². The molecule has 2 amide bonds. The van der Waals surface area contributed by atoms with Crippen LogP contribution in [0.2, 0.25) is 0 Å². The zero-order valence-corrected chi connectivity index (χ0v) is 16.0. The van der Waals surface area contributed by atoms with Gasteiger partial charge >= 0.3 is 0 Å². The third kappa shape index (κ3) is 4.01. The van der Waals surface area contributed by atoms with Crippen LogP contribution < -0.4 is 10.6 Å². The van der Waals surface area contributed by atoms with Gasteiger partial charge in [-0.1, -0.05) is 60.7 Å². The average Bonchev–Trinajstić information content (AvgIpc) is 2.74. The van der Waals surface area contributed by atoms with Gasteiger partial charge < -0.3 is 10.6 Å². The fourth-order valence-electron chi connectivity index (χ4n) is 3.29. The fraction of sp³-hybridized carbons (Fsp3) is 0.0400. The lowest BCUT2D eigenvalue weighted by Gasteiger charge is -2.11. The van der Waals surface area contributed by atoms with Gasteiger partial charge in [0.1, 0.15) is 0 Å². The van der Waals surface area contributed by atoms with Crippen molar-refractivity contribution in [1.82, 2.24) is 0 Å². The van der Waals surface area contributed by atoms with E-state index in [4.69, 9.17) is 0 Å². The molecule has 0 radical (unpaired) electrons. The van der Waals surface area contributed by atoms with Crippen molar-refractivity contribution in [3.63, 3.8) is 0 Å². The van der Waals surface area contributed by atoms with Crippen LogP contribution in [0.1, 0.15) is 26.3 Å². The average molecular weight is 380 g/mol. The van der Waals surface area contributed by atoms with E-state index in [-0.39, 0.29) is 11.8 Å². The number of fused-ring (bicyclic) bond motifs is 1. The Balaban J connectivity index is 1.54. The second-order valence-corrected chi connectivity index (χ2v) is 6.83. The topological polar surface area (TPSA) is 58.2 Å². The molecule has 4 nitrogen and oxygen atoms in total. The molecule has 0 aliphatic rings. The summed E-state index contributed by atoms with van der Waals surface area (Å²) in [5, 5.41) is 7.88. The van der Waals surface area contributed by atoms with Crippen molar-refractivity contribution >= 4 is 34.0 Å². The highest BCUT2D eigenvalue weighted by Gasteiger charge is 2.12. The van der Waals surface area contributed by atoms with E-state index in [1.165, 1.54) is 0 Å². The molecule has 0 saturated carbocycles. The van der Waals surface area contributed by atoms with Crippen molar-refractivity contribution in [3.05, 3.63) is 108 Å². The Morgan fingerprint density at radius 3 is 2.28 bits per heavy atom. The first-order chi connectivity index (χ1) is 14.1. The molecule has 0 aromatic heterocycles. The Bertz CT molecular complexity index is 1210. The molecular weight excluding hydrogens is 360 g/mol. The van der Waals surface area contributed by atoms with Gasteiger partial charge in [0, 0.05) is 27.9 Å². The minimum Gasteiger partial charge on any atom is -0.322 e. The van der Waals surface area contributed by atoms with Gasteiger partial charge in [-0.25, -0.2) is 0 Å². The highest BCUT2D eigenvalue weighted by Crippen LogP contribution is 2.24. The number of nitrogens with one attached hydrogen (secondary N) is 2. The van der Waals surface area contributed by atoms with E-state index >= 15 is 0 Å². The third-order valence-electron chi connectivity index (χ3n) is 4.81. The van der Waals surface area contributed by atoms with Crippen LogP contribution in [0.25, 0.3) is 10.8 Å². The molecule has 0 aliphatic carbocycles. The van der Waals surface area contributed by atoms with E-state index < -0.39 is 0 Å². The number of rotatable bonds is 4. The molecule has 0 spiro atoms. The van der Waals surface area contributed by atoms with Crippen molar-refractivity contribution in [1.29, 1.82) is 0 Å². The van der Waals surface area contributed by atoms with Crippen molar-refractivity contribution in [2.45, 2.75) is 6.92 Å². The maximum atomic E-state index is 12.8. The molecule has 0 fully saturated rings. The molecule has 0 atom stereocenters. The zero-order chi connectivity index (χ0) is 20.2. The van der Waals surface area contributed by atoms with Gasteiger partial charge in [-0.3, -0.25) is 9.59 Å². The number of hydrogen-bond donors (Lipinski definition) is 2. The summed E-state index contributed by atoms with van der Waals surface area (Å²) in [4.78, 5) is 25.3. The van der Waals surface area contributed by atoms with E-state index in [2.05, 4.69) is 10.6 Å². The number of hydrogen-bond acceptors (Lipinski definition) is 2. The number of aryl methyl sites for hydroxylation is 1. The van der Waals surface area contributed by atoms with E-state index in [1.54, 1.807) is 30.3 Å². The minimum atomic E-state index is -0.228. The number of anilines is 2. The number of carbonyl (C=O) groups is 2. The first kappa shape index (κ1) is 18.4. The van der Waals surface area contributed by atoms with E-state index in [1.807, 2.05) is 67.6 Å². The van der Waals surface area contributed by atoms with Gasteiger partial charge in [0.05, 0.1) is 0 Å². The van der Waals surface area contributed by atoms with Gasteiger partial charge in [0.2, 0.25) is 0 Å². The number of carbonyl (C=O) groups excluding carboxylic acids is 2. The standard InChI is InChI=1S/C25H20N2O2/c1-17-8-2-4-13-21(17)25(29)26-20-12-6-11-19(16-20)24(28)27-23-15-7-10-18-9-3-5-14-22(18)23/h2-16H,1H3,(H,26,29)(H,27,28). The normalized spacial score (nSPS) is 10.5. The Hall–Kier alpha value is -3.92. The van der Waals surface area contributed by atoms with Crippen LogP contribution in [0, 0.1) is 6.92 Å². The van der Waals surface area contributed by atoms with Crippen LogP contribution in [-0.4, -0.2) is 11.8 Å². The predicted molar refractivity (Wildman–Crippen MR) is 117 cm³/mol. The van der Waals surface area contributed by atoms with Crippen molar-refractivity contribution < 1.29 is 9.59 Å². The molecule has 4 heteroatoms. The molecule has 0 aliphatic heterocycles. The van der Waals surface area contributed by atoms with Crippen LogP contribution in [0.15, 0.2) is 91.0 Å². The predicted octanol–water partition coefficient (Wildman–Crippen LogP) is 5.65. The van der Waals surface area contributed by atoms with Crippen LogP contribution in [-0.2, 0) is 0 Å². The third-order valence-corrected chi connectivity index (χ3v) is 4.81. The second kappa shape index (κ2) is 7.98. The van der Waals surface area contributed by atoms with Crippen molar-refractivity contribution in [2.75, 3.05) is 10.6 Å². The lowest BCUT2D eigenvalue weighted by molar-refractivity contribution is 0.101. The molecule has 0 bridgehead atoms. The van der Waals surface area contributed by atoms with Gasteiger partial charge in [-0.2, -0.15) is 0 Å². The molecule has 0 heterocycles. The summed E-state index contributed by atoms with van der Waals surface area (Å²) < 4.78 is 0. The Labute approximate surface area is 169 Å². The molecule has 0 unspecified atom stereocenters. The SMILES string of the molecule is Cc1ccccc1C(=O)Nc1cccc(C(=O)Nc2cccc3ccccc23)c1. The summed E-state index contributed by atoms with van der Waals surface area (Å²) in [6.45, 7) is 1.89. The largest absolute Gasteiger partial charge is 0.322 e. The smallest absolute Gasteiger partial charge is 0.255 e. The molecular formula is C25H20N2O2. The molecule has 4 rings (SSSR count).